The fraction of sp³-hybridized carbons (Fsp3) is 1.00. The van der Waals surface area contributed by atoms with Crippen LogP contribution in [-0.4, -0.2) is 52.4 Å². The molecule has 0 aromatic heterocycles. The van der Waals surface area contributed by atoms with Crippen LogP contribution in [-0.2, 0) is 16.8 Å². The molecule has 0 unspecified atom stereocenters. The largest absolute Gasteiger partial charge is 3.00 e. The Hall–Kier alpha value is 0.266. The van der Waals surface area contributed by atoms with E-state index in [0.29, 0.717) is 45.8 Å². The molecular weight excluding hydrogens is 251 g/mol. The molecule has 0 bridgehead atoms. The minimum atomic E-state index is 0. The monoisotopic (exact) mass is 273 g/mol. The Morgan fingerprint density at radius 2 is 0.938 bits per heavy atom. The van der Waals surface area contributed by atoms with Crippen LogP contribution < -0.4 is 0 Å². The van der Waals surface area contributed by atoms with Crippen LogP contribution in [0.2, 0.25) is 0 Å². The number of hydrogen-bond acceptors (Lipinski definition) is 0. The van der Waals surface area contributed by atoms with Gasteiger partial charge >= 0.3 is 16.8 Å². The third-order valence-electron chi connectivity index (χ3n) is 1.30. The van der Waals surface area contributed by atoms with Gasteiger partial charge in [0.1, 0.15) is 0 Å². The average Bonchev–Trinajstić information content (AvgIpc) is 2.26. The second kappa shape index (κ2) is 24.5. The molecule has 0 aliphatic carbocycles. The van der Waals surface area contributed by atoms with Gasteiger partial charge in [0, 0.05) is 0 Å². The first-order valence-electron chi connectivity index (χ1n) is 5.18. The molecular formula is C9H22CoN6-3. The molecule has 0 aromatic carbocycles. The smallest absolute Gasteiger partial charge is 0.679 e. The normalized spacial score (nSPS) is 9.00. The molecule has 0 aliphatic rings. The zero-order chi connectivity index (χ0) is 11.8. The van der Waals surface area contributed by atoms with Crippen LogP contribution in [0.5, 0.6) is 0 Å². The summed E-state index contributed by atoms with van der Waals surface area (Å²) in [5.41, 5.74) is 26.7. The van der Waals surface area contributed by atoms with Crippen molar-refractivity contribution in [3.8, 4) is 0 Å². The number of nitrogens with zero attached hydrogens (tertiary/aromatic N) is 2. The van der Waals surface area contributed by atoms with E-state index in [2.05, 4.69) is 10.6 Å². The zero-order valence-corrected chi connectivity index (χ0v) is 10.6. The van der Waals surface area contributed by atoms with Gasteiger partial charge in [-0.1, -0.05) is 6.42 Å². The van der Waals surface area contributed by atoms with Gasteiger partial charge < -0.3 is 33.6 Å². The molecule has 0 aromatic rings. The molecule has 0 saturated heterocycles. The van der Waals surface area contributed by atoms with Crippen molar-refractivity contribution < 1.29 is 16.8 Å². The van der Waals surface area contributed by atoms with E-state index in [1.165, 1.54) is 0 Å². The molecule has 0 heterocycles. The summed E-state index contributed by atoms with van der Waals surface area (Å²) in [6.07, 6.45) is 0.847. The molecule has 0 fully saturated rings. The van der Waals surface area contributed by atoms with E-state index in [0.717, 1.165) is 13.0 Å². The van der Waals surface area contributed by atoms with Crippen molar-refractivity contribution in [1.82, 2.24) is 0 Å². The second-order valence-electron chi connectivity index (χ2n) is 2.70. The van der Waals surface area contributed by atoms with Crippen LogP contribution >= 0.6 is 0 Å². The summed E-state index contributed by atoms with van der Waals surface area (Å²) in [4.78, 5) is 0. The van der Waals surface area contributed by atoms with Crippen LogP contribution in [0, 0.1) is 0 Å². The first-order valence-corrected chi connectivity index (χ1v) is 5.18. The minimum Gasteiger partial charge on any atom is -0.679 e. The van der Waals surface area contributed by atoms with Gasteiger partial charge in [0.05, 0.1) is 0 Å². The molecule has 0 spiro atoms. The van der Waals surface area contributed by atoms with Gasteiger partial charge in [-0.2, -0.15) is 52.4 Å². The third kappa shape index (κ3) is 29.2. The zero-order valence-electron chi connectivity index (χ0n) is 9.59. The van der Waals surface area contributed by atoms with E-state index >= 15 is 0 Å². The fourth-order valence-corrected chi connectivity index (χ4v) is 0.652. The van der Waals surface area contributed by atoms with E-state index < -0.39 is 0 Å². The van der Waals surface area contributed by atoms with Gasteiger partial charge in [0.2, 0.25) is 0 Å². The van der Waals surface area contributed by atoms with E-state index in [9.17, 15) is 0 Å². The van der Waals surface area contributed by atoms with Gasteiger partial charge in [-0.15, -0.1) is 0 Å². The van der Waals surface area contributed by atoms with Crippen molar-refractivity contribution in [2.24, 2.45) is 0 Å². The van der Waals surface area contributed by atoms with E-state index in [4.69, 9.17) is 22.9 Å². The van der Waals surface area contributed by atoms with Gasteiger partial charge in [-0.3, -0.25) is 0 Å². The van der Waals surface area contributed by atoms with Crippen molar-refractivity contribution in [3.05, 3.63) is 33.6 Å². The summed E-state index contributed by atoms with van der Waals surface area (Å²) in [7, 11) is 0. The predicted molar refractivity (Wildman–Crippen MR) is 67.6 cm³/mol. The van der Waals surface area contributed by atoms with E-state index in [1.54, 1.807) is 0 Å². The molecule has 0 atom stereocenters. The number of nitrogens with one attached hydrogen (secondary N) is 4. The number of rotatable bonds is 9. The Bertz CT molecular complexity index is 86.1. The summed E-state index contributed by atoms with van der Waals surface area (Å²) in [5, 5.41) is 7.81. The van der Waals surface area contributed by atoms with Crippen LogP contribution in [0.4, 0.5) is 0 Å². The Balaban J connectivity index is -0.000000200. The van der Waals surface area contributed by atoms with Crippen LogP contribution in [0.1, 0.15) is 6.42 Å². The Morgan fingerprint density at radius 1 is 0.562 bits per heavy atom. The SMILES string of the molecule is [Co+3].[NH-]CCC[N-]CC[NH-].[NH-]CC[N-]CC[NH-]. The summed E-state index contributed by atoms with van der Waals surface area (Å²) in [6, 6.07) is 0. The topological polar surface area (TPSA) is 123 Å². The van der Waals surface area contributed by atoms with Gasteiger partial charge in [-0.25, -0.2) is 0 Å². The maximum Gasteiger partial charge on any atom is 3.00 e. The molecule has 6 nitrogen and oxygen atoms in total. The quantitative estimate of drug-likeness (QED) is 0.572. The summed E-state index contributed by atoms with van der Waals surface area (Å²) in [5.74, 6) is 0. The molecule has 4 N–H and O–H groups in total. The molecule has 0 rings (SSSR count). The Labute approximate surface area is 109 Å². The average molecular weight is 273 g/mol. The first kappa shape index (κ1) is 21.5. The van der Waals surface area contributed by atoms with Crippen LogP contribution in [0.15, 0.2) is 0 Å². The molecule has 0 amide bonds. The Morgan fingerprint density at radius 3 is 1.25 bits per heavy atom. The van der Waals surface area contributed by atoms with Crippen molar-refractivity contribution in [2.45, 2.75) is 6.42 Å². The summed E-state index contributed by atoms with van der Waals surface area (Å²) < 4.78 is 0. The molecule has 16 heavy (non-hydrogen) atoms. The second-order valence-corrected chi connectivity index (χ2v) is 2.70. The van der Waals surface area contributed by atoms with Crippen molar-refractivity contribution in [1.29, 1.82) is 0 Å². The van der Waals surface area contributed by atoms with Crippen molar-refractivity contribution >= 4 is 0 Å². The van der Waals surface area contributed by atoms with Crippen LogP contribution in [0.3, 0.4) is 0 Å². The van der Waals surface area contributed by atoms with Crippen LogP contribution in [0.25, 0.3) is 33.6 Å². The summed E-state index contributed by atoms with van der Waals surface area (Å²) >= 11 is 0. The fourth-order valence-electron chi connectivity index (χ4n) is 0.652. The van der Waals surface area contributed by atoms with E-state index in [1.807, 2.05) is 0 Å². The van der Waals surface area contributed by atoms with Gasteiger partial charge in [-0.05, 0) is 0 Å². The Kier molecular flexibility index (Phi) is 33.0. The van der Waals surface area contributed by atoms with Crippen molar-refractivity contribution in [2.75, 3.05) is 52.4 Å². The molecule has 7 heteroatoms. The molecule has 100 valence electrons. The minimum absolute atomic E-state index is 0. The van der Waals surface area contributed by atoms with Crippen molar-refractivity contribution in [3.63, 3.8) is 0 Å². The first-order chi connectivity index (χ1) is 7.33. The predicted octanol–water partition coefficient (Wildman–Crippen LogP) is 3.32. The molecule has 0 saturated carbocycles. The molecule has 0 radical (unpaired) electrons. The van der Waals surface area contributed by atoms with Gasteiger partial charge in [0.25, 0.3) is 0 Å². The third-order valence-corrected chi connectivity index (χ3v) is 1.30. The maximum atomic E-state index is 6.73. The molecule has 0 aliphatic heterocycles. The van der Waals surface area contributed by atoms with E-state index in [-0.39, 0.29) is 16.8 Å². The maximum absolute atomic E-state index is 6.73. The number of hydrogen-bond donors (Lipinski definition) is 0. The van der Waals surface area contributed by atoms with Gasteiger partial charge in [0.15, 0.2) is 0 Å². The standard InChI is InChI=1S/C5H12N3.C4H10N3.Co/c6-2-1-4-8-5-3-7;5-1-3-7-4-2-6;/h6-7H,1-5H2;5-6H,1-4H2;/q2*-3;+3. The summed E-state index contributed by atoms with van der Waals surface area (Å²) in [6.45, 7) is 4.17.